The molecule has 4 rings (SSSR count). The monoisotopic (exact) mass is 474 g/mol. The van der Waals surface area contributed by atoms with Crippen LogP contribution in [0.4, 0.5) is 5.69 Å². The van der Waals surface area contributed by atoms with Gasteiger partial charge in [0.25, 0.3) is 5.91 Å². The van der Waals surface area contributed by atoms with Crippen LogP contribution in [0, 0.1) is 12.8 Å². The third kappa shape index (κ3) is 4.16. The highest BCUT2D eigenvalue weighted by Crippen LogP contribution is 2.34. The minimum atomic E-state index is -0.193. The Hall–Kier alpha value is -2.19. The van der Waals surface area contributed by atoms with Gasteiger partial charge in [-0.15, -0.1) is 0 Å². The van der Waals surface area contributed by atoms with Crippen LogP contribution < -0.4 is 5.32 Å². The summed E-state index contributed by atoms with van der Waals surface area (Å²) in [5, 5.41) is 7.58. The smallest absolute Gasteiger partial charge is 0.308 e. The molecule has 2 aliphatic rings. The summed E-state index contributed by atoms with van der Waals surface area (Å²) in [5.41, 5.74) is 3.30. The summed E-state index contributed by atoms with van der Waals surface area (Å²) in [6.07, 6.45) is 3.70. The first-order chi connectivity index (χ1) is 14.5. The van der Waals surface area contributed by atoms with Gasteiger partial charge in [-0.1, -0.05) is 22.0 Å². The lowest BCUT2D eigenvalue weighted by Gasteiger charge is -2.38. The van der Waals surface area contributed by atoms with Gasteiger partial charge >= 0.3 is 5.97 Å². The van der Waals surface area contributed by atoms with E-state index in [9.17, 15) is 9.59 Å². The molecular weight excluding hydrogens is 448 g/mol. The summed E-state index contributed by atoms with van der Waals surface area (Å²) in [6.45, 7) is 4.50. The zero-order valence-electron chi connectivity index (χ0n) is 17.4. The predicted octanol–water partition coefficient (Wildman–Crippen LogP) is 3.93. The van der Waals surface area contributed by atoms with Crippen molar-refractivity contribution in [1.29, 1.82) is 0 Å². The molecule has 1 aromatic heterocycles. The number of esters is 1. The molecule has 0 saturated carbocycles. The van der Waals surface area contributed by atoms with Crippen LogP contribution in [0.3, 0.4) is 0 Å². The van der Waals surface area contributed by atoms with Crippen LogP contribution in [0.5, 0.6) is 0 Å². The highest BCUT2D eigenvalue weighted by molar-refractivity contribution is 9.10. The molecule has 30 heavy (non-hydrogen) atoms. The van der Waals surface area contributed by atoms with E-state index in [4.69, 9.17) is 4.74 Å². The van der Waals surface area contributed by atoms with Crippen LogP contribution in [0.15, 0.2) is 28.7 Å². The molecule has 2 aromatic rings. The topological polar surface area (TPSA) is 76.5 Å². The van der Waals surface area contributed by atoms with Crippen molar-refractivity contribution in [2.75, 3.05) is 25.5 Å². The second-order valence-electron chi connectivity index (χ2n) is 8.04. The number of halogens is 1. The van der Waals surface area contributed by atoms with E-state index >= 15 is 0 Å². The van der Waals surface area contributed by atoms with Gasteiger partial charge in [-0.3, -0.25) is 19.2 Å². The Morgan fingerprint density at radius 2 is 1.97 bits per heavy atom. The fourth-order valence-corrected chi connectivity index (χ4v) is 4.85. The van der Waals surface area contributed by atoms with E-state index < -0.39 is 0 Å². The van der Waals surface area contributed by atoms with Crippen molar-refractivity contribution in [3.05, 3.63) is 45.7 Å². The molecule has 0 spiro atoms. The summed E-state index contributed by atoms with van der Waals surface area (Å²) in [6, 6.07) is 7.91. The molecule has 0 bridgehead atoms. The Balaban J connectivity index is 1.48. The summed E-state index contributed by atoms with van der Waals surface area (Å²) in [4.78, 5) is 27.1. The van der Waals surface area contributed by atoms with Gasteiger partial charge in [0.05, 0.1) is 24.8 Å². The maximum Gasteiger partial charge on any atom is 0.308 e. The van der Waals surface area contributed by atoms with Crippen molar-refractivity contribution in [3.8, 4) is 0 Å². The number of hydrogen-bond donors (Lipinski definition) is 1. The van der Waals surface area contributed by atoms with E-state index in [1.807, 2.05) is 35.9 Å². The van der Waals surface area contributed by atoms with E-state index in [0.717, 1.165) is 66.7 Å². The van der Waals surface area contributed by atoms with E-state index in [1.165, 1.54) is 7.11 Å². The molecule has 1 amide bonds. The maximum atomic E-state index is 12.9. The third-order valence-electron chi connectivity index (χ3n) is 6.25. The van der Waals surface area contributed by atoms with Gasteiger partial charge in [0.2, 0.25) is 0 Å². The lowest BCUT2D eigenvalue weighted by molar-refractivity contribution is -0.147. The van der Waals surface area contributed by atoms with Crippen LogP contribution in [0.2, 0.25) is 0 Å². The number of aryl methyl sites for hydroxylation is 1. The minimum absolute atomic E-state index is 0.00507. The number of aromatic nitrogens is 2. The van der Waals surface area contributed by atoms with Crippen LogP contribution in [0.1, 0.15) is 53.5 Å². The average molecular weight is 475 g/mol. The standard InChI is InChI=1S/C22H27BrN4O3/c1-14-16(23)5-3-6-17(14)24-21(28)18-13-20-19(7-4-10-27(20)25-18)26-11-8-15(9-12-26)22(29)30-2/h3,5-6,13,15,19H,4,7-12H2,1-2H3,(H,24,28)/t19-/m0/s1. The number of anilines is 1. The number of hydrogen-bond acceptors (Lipinski definition) is 5. The molecule has 1 atom stereocenters. The maximum absolute atomic E-state index is 12.9. The van der Waals surface area contributed by atoms with E-state index in [-0.39, 0.29) is 23.8 Å². The van der Waals surface area contributed by atoms with Crippen molar-refractivity contribution < 1.29 is 14.3 Å². The SMILES string of the molecule is COC(=O)C1CCN([C@H]2CCCn3nc(C(=O)Nc4cccc(Br)c4C)cc32)CC1. The van der Waals surface area contributed by atoms with Gasteiger partial charge < -0.3 is 10.1 Å². The second kappa shape index (κ2) is 8.89. The third-order valence-corrected chi connectivity index (χ3v) is 7.11. The van der Waals surface area contributed by atoms with Gasteiger partial charge in [0, 0.05) is 16.7 Å². The molecule has 3 heterocycles. The number of benzene rings is 1. The molecule has 2 aliphatic heterocycles. The highest BCUT2D eigenvalue weighted by Gasteiger charge is 2.33. The van der Waals surface area contributed by atoms with Gasteiger partial charge in [-0.05, 0) is 69.5 Å². The first kappa shape index (κ1) is 21.1. The molecule has 0 unspecified atom stereocenters. The number of fused-ring (bicyclic) bond motifs is 1. The largest absolute Gasteiger partial charge is 0.469 e. The van der Waals surface area contributed by atoms with E-state index in [0.29, 0.717) is 5.69 Å². The summed E-state index contributed by atoms with van der Waals surface area (Å²) < 4.78 is 7.84. The normalized spacial score (nSPS) is 19.9. The fourth-order valence-electron chi connectivity index (χ4n) is 4.48. The first-order valence-electron chi connectivity index (χ1n) is 10.4. The Bertz CT molecular complexity index is 950. The lowest BCUT2D eigenvalue weighted by Crippen LogP contribution is -2.40. The fraction of sp³-hybridized carbons (Fsp3) is 0.500. The number of nitrogens with one attached hydrogen (secondary N) is 1. The van der Waals surface area contributed by atoms with Crippen LogP contribution in [-0.4, -0.2) is 46.8 Å². The zero-order chi connectivity index (χ0) is 21.3. The number of amides is 1. The number of likely N-dealkylation sites (tertiary alicyclic amines) is 1. The molecule has 0 radical (unpaired) electrons. The Kier molecular flexibility index (Phi) is 6.24. The van der Waals surface area contributed by atoms with E-state index in [2.05, 4.69) is 31.2 Å². The van der Waals surface area contributed by atoms with Gasteiger partial charge in [-0.25, -0.2) is 0 Å². The molecule has 0 aliphatic carbocycles. The number of nitrogens with zero attached hydrogens (tertiary/aromatic N) is 3. The number of piperidine rings is 1. The number of ether oxygens (including phenoxy) is 1. The van der Waals surface area contributed by atoms with Crippen LogP contribution in [-0.2, 0) is 16.1 Å². The number of methoxy groups -OCH3 is 1. The number of carbonyl (C=O) groups is 2. The molecule has 7 nitrogen and oxygen atoms in total. The molecule has 1 N–H and O–H groups in total. The molecule has 160 valence electrons. The second-order valence-corrected chi connectivity index (χ2v) is 8.89. The quantitative estimate of drug-likeness (QED) is 0.679. The summed E-state index contributed by atoms with van der Waals surface area (Å²) >= 11 is 3.50. The molecule has 8 heteroatoms. The van der Waals surface area contributed by atoms with Crippen molar-refractivity contribution in [2.45, 2.75) is 45.2 Å². The predicted molar refractivity (Wildman–Crippen MR) is 117 cm³/mol. The van der Waals surface area contributed by atoms with Gasteiger partial charge in [-0.2, -0.15) is 5.10 Å². The number of rotatable bonds is 4. The zero-order valence-corrected chi connectivity index (χ0v) is 18.9. The summed E-state index contributed by atoms with van der Waals surface area (Å²) in [7, 11) is 1.45. The molecule has 1 aromatic carbocycles. The van der Waals surface area contributed by atoms with E-state index in [1.54, 1.807) is 0 Å². The highest BCUT2D eigenvalue weighted by atomic mass is 79.9. The van der Waals surface area contributed by atoms with Crippen molar-refractivity contribution in [3.63, 3.8) is 0 Å². The van der Waals surface area contributed by atoms with Gasteiger partial charge in [0.1, 0.15) is 0 Å². The average Bonchev–Trinajstić information content (AvgIpc) is 3.21. The number of carbonyl (C=O) groups excluding carboxylic acids is 2. The Morgan fingerprint density at radius 1 is 1.20 bits per heavy atom. The van der Waals surface area contributed by atoms with Crippen LogP contribution >= 0.6 is 15.9 Å². The van der Waals surface area contributed by atoms with Crippen LogP contribution in [0.25, 0.3) is 0 Å². The van der Waals surface area contributed by atoms with Crippen molar-refractivity contribution in [1.82, 2.24) is 14.7 Å². The molecule has 1 saturated heterocycles. The lowest BCUT2D eigenvalue weighted by atomic mass is 9.93. The van der Waals surface area contributed by atoms with Crippen molar-refractivity contribution in [2.24, 2.45) is 5.92 Å². The molecule has 1 fully saturated rings. The molecular formula is C22H27BrN4O3. The van der Waals surface area contributed by atoms with Crippen molar-refractivity contribution >= 4 is 33.5 Å². The Morgan fingerprint density at radius 3 is 2.70 bits per heavy atom. The Labute approximate surface area is 184 Å². The summed E-state index contributed by atoms with van der Waals surface area (Å²) in [5.74, 6) is -0.305. The first-order valence-corrected chi connectivity index (χ1v) is 11.2. The minimum Gasteiger partial charge on any atom is -0.469 e. The van der Waals surface area contributed by atoms with Gasteiger partial charge in [0.15, 0.2) is 5.69 Å².